The molecular weight excluding hydrogens is 258 g/mol. The van der Waals surface area contributed by atoms with Gasteiger partial charge in [0.05, 0.1) is 6.61 Å². The summed E-state index contributed by atoms with van der Waals surface area (Å²) >= 11 is 7.42. The molecule has 0 aliphatic carbocycles. The summed E-state index contributed by atoms with van der Waals surface area (Å²) in [4.78, 5) is 22.5. The van der Waals surface area contributed by atoms with Crippen LogP contribution in [0.4, 0.5) is 4.79 Å². The van der Waals surface area contributed by atoms with E-state index in [0.717, 1.165) is 23.0 Å². The number of ether oxygens (including phenoxy) is 1. The molecule has 0 fully saturated rings. The van der Waals surface area contributed by atoms with Crippen LogP contribution in [-0.4, -0.2) is 22.2 Å². The summed E-state index contributed by atoms with van der Waals surface area (Å²) in [5, 5.41) is 0. The molecule has 0 bridgehead atoms. The average molecular weight is 279 g/mol. The van der Waals surface area contributed by atoms with Crippen LogP contribution in [0.3, 0.4) is 0 Å². The number of ketones is 1. The number of amides is 1. The van der Waals surface area contributed by atoms with Crippen molar-refractivity contribution < 1.29 is 14.3 Å². The van der Waals surface area contributed by atoms with E-state index >= 15 is 0 Å². The summed E-state index contributed by atoms with van der Waals surface area (Å²) in [5.41, 5.74) is 0. The van der Waals surface area contributed by atoms with Crippen molar-refractivity contribution in [3.63, 3.8) is 0 Å². The predicted octanol–water partition coefficient (Wildman–Crippen LogP) is 3.29. The molecular formula is C11H21NO3S2. The number of thiol groups is 2. The molecule has 100 valence electrons. The Morgan fingerprint density at radius 3 is 2.41 bits per heavy atom. The lowest BCUT2D eigenvalue weighted by Gasteiger charge is -2.16. The molecule has 0 rings (SSSR count). The maximum atomic E-state index is 11.4. The third-order valence-electron chi connectivity index (χ3n) is 2.48. The highest BCUT2D eigenvalue weighted by Gasteiger charge is 2.16. The highest BCUT2D eigenvalue weighted by molar-refractivity contribution is 7.94. The van der Waals surface area contributed by atoms with E-state index in [1.165, 1.54) is 0 Å². The summed E-state index contributed by atoms with van der Waals surface area (Å²) in [5.74, 6) is 0.309. The molecule has 0 aromatic heterocycles. The Balaban J connectivity index is 4.09. The van der Waals surface area contributed by atoms with E-state index in [4.69, 9.17) is 4.74 Å². The summed E-state index contributed by atoms with van der Waals surface area (Å²) in [6.07, 6.45) is 3.39. The van der Waals surface area contributed by atoms with Gasteiger partial charge in [-0.3, -0.25) is 4.79 Å². The van der Waals surface area contributed by atoms with Crippen molar-refractivity contribution in [3.8, 4) is 0 Å². The Morgan fingerprint density at radius 1 is 1.29 bits per heavy atom. The average Bonchev–Trinajstić information content (AvgIpc) is 2.31. The minimum Gasteiger partial charge on any atom is -0.448 e. The molecule has 0 saturated carbocycles. The number of Topliss-reactive ketones (excluding diaryl/α,β-unsaturated/α-hetero) is 1. The zero-order valence-electron chi connectivity index (χ0n) is 10.4. The van der Waals surface area contributed by atoms with Crippen molar-refractivity contribution >= 4 is 37.5 Å². The van der Waals surface area contributed by atoms with Crippen LogP contribution in [-0.2, 0) is 9.53 Å². The molecule has 0 aliphatic rings. The maximum Gasteiger partial charge on any atom is 0.429 e. The summed E-state index contributed by atoms with van der Waals surface area (Å²) in [6, 6.07) is 0. The maximum absolute atomic E-state index is 11.4. The molecule has 17 heavy (non-hydrogen) atoms. The van der Waals surface area contributed by atoms with Crippen LogP contribution in [0.2, 0.25) is 0 Å². The van der Waals surface area contributed by atoms with Crippen LogP contribution >= 0.6 is 25.6 Å². The number of unbranched alkanes of at least 4 members (excludes halogenated alkanes) is 1. The van der Waals surface area contributed by atoms with Crippen molar-refractivity contribution in [1.82, 2.24) is 3.71 Å². The second-order valence-electron chi connectivity index (χ2n) is 3.97. The van der Waals surface area contributed by atoms with E-state index in [-0.39, 0.29) is 18.3 Å². The van der Waals surface area contributed by atoms with Gasteiger partial charge in [0.25, 0.3) is 0 Å². The zero-order chi connectivity index (χ0) is 13.3. The van der Waals surface area contributed by atoms with Crippen molar-refractivity contribution in [2.45, 2.75) is 46.0 Å². The summed E-state index contributed by atoms with van der Waals surface area (Å²) < 4.78 is 5.78. The molecule has 0 radical (unpaired) electrons. The largest absolute Gasteiger partial charge is 0.448 e. The topological polar surface area (TPSA) is 46.6 Å². The SMILES string of the molecule is CCCCC(COC(=O)N(S)S)CC(=O)CC. The molecule has 0 N–H and O–H groups in total. The van der Waals surface area contributed by atoms with Crippen molar-refractivity contribution in [2.24, 2.45) is 5.92 Å². The van der Waals surface area contributed by atoms with Crippen LogP contribution in [0.5, 0.6) is 0 Å². The van der Waals surface area contributed by atoms with Crippen LogP contribution in [0, 0.1) is 5.92 Å². The van der Waals surface area contributed by atoms with Gasteiger partial charge >= 0.3 is 6.09 Å². The van der Waals surface area contributed by atoms with Gasteiger partial charge in [0.15, 0.2) is 0 Å². The number of nitrogens with zero attached hydrogens (tertiary/aromatic N) is 1. The van der Waals surface area contributed by atoms with E-state index in [9.17, 15) is 9.59 Å². The van der Waals surface area contributed by atoms with Gasteiger partial charge in [0, 0.05) is 18.8 Å². The number of hydrogen-bond donors (Lipinski definition) is 2. The quantitative estimate of drug-likeness (QED) is 0.670. The van der Waals surface area contributed by atoms with Gasteiger partial charge in [-0.2, -0.15) is 3.71 Å². The predicted molar refractivity (Wildman–Crippen MR) is 74.1 cm³/mol. The first-order valence-corrected chi connectivity index (χ1v) is 6.67. The molecule has 1 atom stereocenters. The number of hydrogen-bond acceptors (Lipinski definition) is 5. The third kappa shape index (κ3) is 8.37. The van der Waals surface area contributed by atoms with Gasteiger partial charge < -0.3 is 4.74 Å². The van der Waals surface area contributed by atoms with E-state index in [1.807, 2.05) is 6.92 Å². The van der Waals surface area contributed by atoms with E-state index in [1.54, 1.807) is 0 Å². The highest BCUT2D eigenvalue weighted by Crippen LogP contribution is 2.16. The molecule has 0 heterocycles. The molecule has 0 aromatic rings. The van der Waals surface area contributed by atoms with Crippen LogP contribution in [0.15, 0.2) is 0 Å². The first-order valence-electron chi connectivity index (χ1n) is 5.87. The lowest BCUT2D eigenvalue weighted by atomic mass is 9.96. The minimum atomic E-state index is -0.609. The number of carbonyl (C=O) groups is 2. The van der Waals surface area contributed by atoms with Crippen molar-refractivity contribution in [3.05, 3.63) is 0 Å². The molecule has 4 nitrogen and oxygen atoms in total. The Kier molecular flexibility index (Phi) is 9.44. The molecule has 1 unspecified atom stereocenters. The Labute approximate surface area is 114 Å². The van der Waals surface area contributed by atoms with Gasteiger partial charge in [-0.1, -0.05) is 26.7 Å². The number of carbonyl (C=O) groups excluding carboxylic acids is 2. The Bertz CT molecular complexity index is 247. The fourth-order valence-corrected chi connectivity index (χ4v) is 1.57. The van der Waals surface area contributed by atoms with E-state index in [2.05, 4.69) is 32.6 Å². The lowest BCUT2D eigenvalue weighted by molar-refractivity contribution is -0.120. The zero-order valence-corrected chi connectivity index (χ0v) is 12.2. The van der Waals surface area contributed by atoms with E-state index < -0.39 is 6.09 Å². The highest BCUT2D eigenvalue weighted by atomic mass is 32.2. The van der Waals surface area contributed by atoms with Gasteiger partial charge in [-0.25, -0.2) is 4.79 Å². The Hall–Kier alpha value is -0.360. The van der Waals surface area contributed by atoms with Crippen LogP contribution in [0.1, 0.15) is 46.0 Å². The molecule has 0 spiro atoms. The normalized spacial score (nSPS) is 12.0. The number of rotatable bonds is 8. The van der Waals surface area contributed by atoms with Gasteiger partial charge in [0.2, 0.25) is 0 Å². The third-order valence-corrected chi connectivity index (χ3v) is 2.81. The Morgan fingerprint density at radius 2 is 1.94 bits per heavy atom. The molecule has 6 heteroatoms. The van der Waals surface area contributed by atoms with E-state index in [0.29, 0.717) is 12.8 Å². The van der Waals surface area contributed by atoms with Gasteiger partial charge in [-0.05, 0) is 32.1 Å². The van der Waals surface area contributed by atoms with Gasteiger partial charge in [-0.15, -0.1) is 0 Å². The smallest absolute Gasteiger partial charge is 0.429 e. The van der Waals surface area contributed by atoms with Crippen molar-refractivity contribution in [1.29, 1.82) is 0 Å². The summed E-state index contributed by atoms with van der Waals surface area (Å²) in [6.45, 7) is 4.19. The van der Waals surface area contributed by atoms with Crippen LogP contribution in [0.25, 0.3) is 0 Å². The fourth-order valence-electron chi connectivity index (χ4n) is 1.45. The minimum absolute atomic E-state index is 0.105. The monoisotopic (exact) mass is 279 g/mol. The first kappa shape index (κ1) is 16.6. The first-order chi connectivity index (χ1) is 8.01. The second-order valence-corrected chi connectivity index (χ2v) is 5.09. The molecule has 0 saturated heterocycles. The lowest BCUT2D eigenvalue weighted by Crippen LogP contribution is -2.20. The summed E-state index contributed by atoms with van der Waals surface area (Å²) in [7, 11) is 0. The van der Waals surface area contributed by atoms with Gasteiger partial charge in [0.1, 0.15) is 5.78 Å². The second kappa shape index (κ2) is 9.65. The standard InChI is InChI=1S/C11H21NO3S2/c1-3-5-6-9(7-10(13)4-2)8-15-11(14)12(16)17/h9,16-17H,3-8H2,1-2H3. The van der Waals surface area contributed by atoms with Crippen LogP contribution < -0.4 is 0 Å². The molecule has 0 aromatic carbocycles. The molecule has 0 aliphatic heterocycles. The fraction of sp³-hybridized carbons (Fsp3) is 0.818. The molecule has 1 amide bonds. The van der Waals surface area contributed by atoms with Crippen molar-refractivity contribution in [2.75, 3.05) is 6.61 Å².